The minimum absolute atomic E-state index is 0.217. The number of hydrogen-bond acceptors (Lipinski definition) is 7. The van der Waals surface area contributed by atoms with E-state index in [1.807, 2.05) is 0 Å². The number of anilines is 2. The molecule has 1 aromatic carbocycles. The van der Waals surface area contributed by atoms with Gasteiger partial charge in [0.05, 0.1) is 30.0 Å². The number of thiazole rings is 1. The summed E-state index contributed by atoms with van der Waals surface area (Å²) in [6.07, 6.45) is -0.279. The minimum Gasteiger partial charge on any atom is -0.462 e. The van der Waals surface area contributed by atoms with E-state index in [-0.39, 0.29) is 18.2 Å². The van der Waals surface area contributed by atoms with E-state index >= 15 is 0 Å². The number of ether oxygens (including phenoxy) is 1. The Morgan fingerprint density at radius 3 is 2.79 bits per heavy atom. The quantitative estimate of drug-likeness (QED) is 0.654. The topological polar surface area (TPSA) is 126 Å². The average Bonchev–Trinajstić information content (AvgIpc) is 2.96. The molecule has 1 aromatic heterocycles. The summed E-state index contributed by atoms with van der Waals surface area (Å²) in [5, 5.41) is 7.96. The molecule has 1 unspecified atom stereocenters. The van der Waals surface area contributed by atoms with Crippen molar-refractivity contribution in [2.45, 2.75) is 26.3 Å². The number of aromatic nitrogens is 1. The van der Waals surface area contributed by atoms with Gasteiger partial charge in [0.2, 0.25) is 11.8 Å². The van der Waals surface area contributed by atoms with Crippen molar-refractivity contribution in [1.82, 2.24) is 10.3 Å². The zero-order valence-electron chi connectivity index (χ0n) is 15.2. The Bertz CT molecular complexity index is 955. The van der Waals surface area contributed by atoms with Crippen LogP contribution in [0.25, 0.3) is 0 Å². The smallest absolute Gasteiger partial charge is 0.350 e. The van der Waals surface area contributed by atoms with E-state index in [2.05, 4.69) is 20.9 Å². The van der Waals surface area contributed by atoms with Gasteiger partial charge in [0.25, 0.3) is 5.91 Å². The van der Waals surface area contributed by atoms with Gasteiger partial charge in [-0.2, -0.15) is 0 Å². The predicted octanol–water partition coefficient (Wildman–Crippen LogP) is 1.71. The van der Waals surface area contributed by atoms with Gasteiger partial charge in [-0.15, -0.1) is 0 Å². The molecule has 146 valence electrons. The second-order valence-corrected chi connectivity index (χ2v) is 6.97. The number of aryl methyl sites for hydroxylation is 1. The van der Waals surface area contributed by atoms with Gasteiger partial charge < -0.3 is 20.7 Å². The molecule has 0 spiro atoms. The third kappa shape index (κ3) is 4.17. The van der Waals surface area contributed by atoms with Gasteiger partial charge in [-0.25, -0.2) is 9.78 Å². The first-order valence-corrected chi connectivity index (χ1v) is 9.35. The third-order valence-corrected chi connectivity index (χ3v) is 5.00. The van der Waals surface area contributed by atoms with Gasteiger partial charge >= 0.3 is 5.97 Å². The number of nitrogens with zero attached hydrogens (tertiary/aromatic N) is 1. The molecular formula is C18H18N4O5S. The van der Waals surface area contributed by atoms with Crippen molar-refractivity contribution in [3.8, 4) is 0 Å². The predicted molar refractivity (Wildman–Crippen MR) is 102 cm³/mol. The fourth-order valence-corrected chi connectivity index (χ4v) is 3.52. The number of benzene rings is 1. The van der Waals surface area contributed by atoms with Crippen LogP contribution in [0.4, 0.5) is 10.8 Å². The van der Waals surface area contributed by atoms with Crippen molar-refractivity contribution in [2.75, 3.05) is 17.2 Å². The molecule has 2 aromatic rings. The lowest BCUT2D eigenvalue weighted by Crippen LogP contribution is -2.43. The molecule has 3 amide bonds. The number of hydrogen-bond donors (Lipinski definition) is 3. The summed E-state index contributed by atoms with van der Waals surface area (Å²) in [5.41, 5.74) is 1.16. The van der Waals surface area contributed by atoms with Crippen LogP contribution in [0.2, 0.25) is 0 Å². The molecule has 3 rings (SSSR count). The summed E-state index contributed by atoms with van der Waals surface area (Å²) in [6, 6.07) is 5.55. The van der Waals surface area contributed by atoms with Crippen molar-refractivity contribution >= 4 is 45.8 Å². The maximum absolute atomic E-state index is 12.3. The SMILES string of the molecule is CCOC(=O)c1sc(NC(=O)CC2NC(=O)c3ccccc3NC2=O)nc1C. The molecule has 1 atom stereocenters. The summed E-state index contributed by atoms with van der Waals surface area (Å²) < 4.78 is 4.94. The Balaban J connectivity index is 1.67. The molecule has 2 heterocycles. The minimum atomic E-state index is -1.04. The summed E-state index contributed by atoms with van der Waals surface area (Å²) in [5.74, 6) is -1.96. The molecular weight excluding hydrogens is 384 g/mol. The highest BCUT2D eigenvalue weighted by Crippen LogP contribution is 2.24. The summed E-state index contributed by atoms with van der Waals surface area (Å²) in [6.45, 7) is 3.56. The summed E-state index contributed by atoms with van der Waals surface area (Å²) >= 11 is 0.988. The highest BCUT2D eigenvalue weighted by Gasteiger charge is 2.29. The molecule has 1 aliphatic heterocycles. The number of fused-ring (bicyclic) bond motifs is 1. The Hall–Kier alpha value is -3.27. The summed E-state index contributed by atoms with van der Waals surface area (Å²) in [4.78, 5) is 53.3. The number of esters is 1. The van der Waals surface area contributed by atoms with Crippen molar-refractivity contribution < 1.29 is 23.9 Å². The van der Waals surface area contributed by atoms with Crippen LogP contribution in [0.1, 0.15) is 39.1 Å². The van der Waals surface area contributed by atoms with Gasteiger partial charge in [0.15, 0.2) is 5.13 Å². The van der Waals surface area contributed by atoms with Gasteiger partial charge in [-0.1, -0.05) is 23.5 Å². The lowest BCUT2D eigenvalue weighted by molar-refractivity contribution is -0.122. The van der Waals surface area contributed by atoms with Crippen LogP contribution in [0, 0.1) is 6.92 Å². The lowest BCUT2D eigenvalue weighted by atomic mass is 10.1. The molecule has 0 aliphatic carbocycles. The van der Waals surface area contributed by atoms with Gasteiger partial charge in [0.1, 0.15) is 10.9 Å². The van der Waals surface area contributed by atoms with E-state index in [1.165, 1.54) is 0 Å². The Labute approximate surface area is 164 Å². The Kier molecular flexibility index (Phi) is 5.69. The van der Waals surface area contributed by atoms with Crippen molar-refractivity contribution in [2.24, 2.45) is 0 Å². The number of para-hydroxylation sites is 1. The molecule has 0 radical (unpaired) electrons. The third-order valence-electron chi connectivity index (χ3n) is 3.94. The standard InChI is InChI=1S/C18H18N4O5S/c1-3-27-17(26)14-9(2)19-18(28-14)22-13(23)8-12-16(25)20-11-7-5-4-6-10(11)15(24)21-12/h4-7,12H,3,8H2,1-2H3,(H,20,25)(H,21,24)(H,19,22,23). The number of carbonyl (C=O) groups excluding carboxylic acids is 4. The van der Waals surface area contributed by atoms with E-state index in [0.717, 1.165) is 11.3 Å². The zero-order valence-corrected chi connectivity index (χ0v) is 16.0. The fourth-order valence-electron chi connectivity index (χ4n) is 2.65. The molecule has 1 aliphatic rings. The van der Waals surface area contributed by atoms with Crippen molar-refractivity contribution in [1.29, 1.82) is 0 Å². The van der Waals surface area contributed by atoms with E-state index in [1.54, 1.807) is 38.1 Å². The number of rotatable bonds is 5. The first-order valence-electron chi connectivity index (χ1n) is 8.54. The number of amides is 3. The Morgan fingerprint density at radius 2 is 2.04 bits per heavy atom. The normalized spacial score (nSPS) is 15.7. The largest absolute Gasteiger partial charge is 0.462 e. The zero-order chi connectivity index (χ0) is 20.3. The van der Waals surface area contributed by atoms with Crippen LogP contribution in [0.15, 0.2) is 24.3 Å². The first kappa shape index (κ1) is 19.5. The fraction of sp³-hybridized carbons (Fsp3) is 0.278. The molecule has 3 N–H and O–H groups in total. The second-order valence-electron chi connectivity index (χ2n) is 5.97. The van der Waals surface area contributed by atoms with E-state index in [4.69, 9.17) is 4.74 Å². The van der Waals surface area contributed by atoms with Gasteiger partial charge in [-0.3, -0.25) is 14.4 Å². The lowest BCUT2D eigenvalue weighted by Gasteiger charge is -2.13. The maximum Gasteiger partial charge on any atom is 0.350 e. The van der Waals surface area contributed by atoms with Crippen molar-refractivity contribution in [3.63, 3.8) is 0 Å². The number of nitrogens with one attached hydrogen (secondary N) is 3. The van der Waals surface area contributed by atoms with Gasteiger partial charge in [-0.05, 0) is 26.0 Å². The van der Waals surface area contributed by atoms with Gasteiger partial charge in [0, 0.05) is 0 Å². The molecule has 0 bridgehead atoms. The van der Waals surface area contributed by atoms with Crippen LogP contribution in [-0.2, 0) is 14.3 Å². The van der Waals surface area contributed by atoms with Crippen LogP contribution in [0.3, 0.4) is 0 Å². The van der Waals surface area contributed by atoms with Crippen LogP contribution >= 0.6 is 11.3 Å². The van der Waals surface area contributed by atoms with Crippen molar-refractivity contribution in [3.05, 3.63) is 40.4 Å². The summed E-state index contributed by atoms with van der Waals surface area (Å²) in [7, 11) is 0. The molecule has 28 heavy (non-hydrogen) atoms. The van der Waals surface area contributed by atoms with E-state index in [9.17, 15) is 19.2 Å². The van der Waals surface area contributed by atoms with Crippen LogP contribution in [-0.4, -0.2) is 41.3 Å². The first-order chi connectivity index (χ1) is 13.4. The molecule has 0 fully saturated rings. The molecule has 10 heteroatoms. The molecule has 0 saturated carbocycles. The Morgan fingerprint density at radius 1 is 1.29 bits per heavy atom. The monoisotopic (exact) mass is 402 g/mol. The average molecular weight is 402 g/mol. The molecule has 9 nitrogen and oxygen atoms in total. The molecule has 0 saturated heterocycles. The maximum atomic E-state index is 12.3. The van der Waals surface area contributed by atoms with Crippen LogP contribution < -0.4 is 16.0 Å². The van der Waals surface area contributed by atoms with Crippen LogP contribution in [0.5, 0.6) is 0 Å². The van der Waals surface area contributed by atoms with E-state index < -0.39 is 29.7 Å². The number of carbonyl (C=O) groups is 4. The second kappa shape index (κ2) is 8.17. The highest BCUT2D eigenvalue weighted by atomic mass is 32.1. The highest BCUT2D eigenvalue weighted by molar-refractivity contribution is 7.17. The van der Waals surface area contributed by atoms with E-state index in [0.29, 0.717) is 21.8 Å².